The molecule has 0 radical (unpaired) electrons. The molecule has 0 spiro atoms. The minimum absolute atomic E-state index is 0.0208. The van der Waals surface area contributed by atoms with E-state index in [9.17, 15) is 18.0 Å². The number of nitrogens with zero attached hydrogens (tertiary/aromatic N) is 3. The number of sulfonamides is 1. The number of nitrogens with one attached hydrogen (secondary N) is 4. The van der Waals surface area contributed by atoms with Crippen molar-refractivity contribution in [2.24, 2.45) is 0 Å². The monoisotopic (exact) mass is 679 g/mol. The van der Waals surface area contributed by atoms with Crippen LogP contribution in [-0.2, 0) is 30.4 Å². The van der Waals surface area contributed by atoms with E-state index in [0.717, 1.165) is 37.8 Å². The number of benzene rings is 1. The van der Waals surface area contributed by atoms with Crippen LogP contribution in [0.5, 0.6) is 5.75 Å². The Hall–Kier alpha value is -3.16. The van der Waals surface area contributed by atoms with E-state index >= 15 is 0 Å². The number of ether oxygens (including phenoxy) is 1. The van der Waals surface area contributed by atoms with Crippen LogP contribution in [0.4, 0.5) is 5.69 Å². The van der Waals surface area contributed by atoms with Gasteiger partial charge in [-0.1, -0.05) is 97.4 Å². The Morgan fingerprint density at radius 3 is 2.28 bits per heavy atom. The summed E-state index contributed by atoms with van der Waals surface area (Å²) in [7, 11) is -3.57. The lowest BCUT2D eigenvalue weighted by atomic mass is 9.73. The zero-order chi connectivity index (χ0) is 34.3. The van der Waals surface area contributed by atoms with Crippen LogP contribution in [0.25, 0.3) is 5.65 Å². The van der Waals surface area contributed by atoms with E-state index in [1.165, 1.54) is 0 Å². The third-order valence-corrected chi connectivity index (χ3v) is 10.1. The lowest BCUT2D eigenvalue weighted by Gasteiger charge is -2.40. The number of hydrogen-bond donors (Lipinski definition) is 4. The van der Waals surface area contributed by atoms with Crippen LogP contribution in [0, 0.1) is 0 Å². The quantitative estimate of drug-likeness (QED) is 0.138. The Balaban J connectivity index is 1.58. The number of aromatic nitrogens is 4. The Labute approximate surface area is 277 Å². The first kappa shape index (κ1) is 37.3. The number of carbonyl (C=O) groups excluding carboxylic acids is 2. The van der Waals surface area contributed by atoms with E-state index < -0.39 is 33.4 Å². The van der Waals surface area contributed by atoms with Gasteiger partial charge in [-0.25, -0.2) is 17.7 Å². The van der Waals surface area contributed by atoms with Gasteiger partial charge in [-0.05, 0) is 32.4 Å². The fourth-order valence-electron chi connectivity index (χ4n) is 4.88. The maximum Gasteiger partial charge on any atom is 0.258 e. The number of amides is 2. The zero-order valence-corrected chi connectivity index (χ0v) is 29.9. The van der Waals surface area contributed by atoms with Crippen LogP contribution in [-0.4, -0.2) is 64.5 Å². The smallest absolute Gasteiger partial charge is 0.258 e. The number of fused-ring (bicyclic) bond motifs is 1. The molecule has 14 heteroatoms. The van der Waals surface area contributed by atoms with Crippen LogP contribution in [0.15, 0.2) is 24.3 Å². The molecule has 2 aromatic heterocycles. The molecular formula is C32H50ClN7O5S. The molecular weight excluding hydrogens is 630 g/mol. The second-order valence-electron chi connectivity index (χ2n) is 13.8. The number of para-hydroxylation sites is 2. The predicted molar refractivity (Wildman–Crippen MR) is 182 cm³/mol. The van der Waals surface area contributed by atoms with Gasteiger partial charge in [0, 0.05) is 16.4 Å². The van der Waals surface area contributed by atoms with Crippen LogP contribution < -0.4 is 20.1 Å². The molecule has 0 bridgehead atoms. The summed E-state index contributed by atoms with van der Waals surface area (Å²) in [4.78, 5) is 25.7. The Bertz CT molecular complexity index is 1610. The minimum atomic E-state index is -3.57. The van der Waals surface area contributed by atoms with Crippen molar-refractivity contribution < 1.29 is 22.7 Å². The van der Waals surface area contributed by atoms with Gasteiger partial charge in [-0.2, -0.15) is 0 Å². The van der Waals surface area contributed by atoms with Crippen molar-refractivity contribution in [3.63, 3.8) is 0 Å². The predicted octanol–water partition coefficient (Wildman–Crippen LogP) is 5.48. The van der Waals surface area contributed by atoms with Gasteiger partial charge < -0.3 is 15.4 Å². The van der Waals surface area contributed by atoms with Gasteiger partial charge in [0.2, 0.25) is 15.9 Å². The number of H-pyrrole nitrogens is 1. The summed E-state index contributed by atoms with van der Waals surface area (Å²) < 4.78 is 34.6. The molecule has 2 heterocycles. The average Bonchev–Trinajstić information content (AvgIpc) is 3.53. The highest BCUT2D eigenvalue weighted by atomic mass is 35.5. The van der Waals surface area contributed by atoms with Gasteiger partial charge in [0.05, 0.1) is 23.7 Å². The summed E-state index contributed by atoms with van der Waals surface area (Å²) in [5.41, 5.74) is -0.0841. The van der Waals surface area contributed by atoms with Crippen molar-refractivity contribution in [1.29, 1.82) is 0 Å². The SMILES string of the molecule is CCCCCCCCS(=O)(=O)NCC(=O)Nc1ccccc1OCC(=O)NC(C)(C)C(C)(C)c1nnc2c(Cl)c(C(C)(C)C)[nH]n12. The van der Waals surface area contributed by atoms with Crippen LogP contribution in [0.3, 0.4) is 0 Å². The maximum absolute atomic E-state index is 13.1. The molecule has 0 atom stereocenters. The number of anilines is 1. The number of unbranched alkanes of at least 4 members (excludes halogenated alkanes) is 5. The molecule has 0 aliphatic rings. The molecule has 3 aromatic rings. The van der Waals surface area contributed by atoms with E-state index in [2.05, 4.69) is 58.3 Å². The number of halogens is 1. The van der Waals surface area contributed by atoms with Crippen molar-refractivity contribution in [1.82, 2.24) is 29.9 Å². The summed E-state index contributed by atoms with van der Waals surface area (Å²) >= 11 is 6.62. The van der Waals surface area contributed by atoms with E-state index in [1.54, 1.807) is 28.8 Å². The number of rotatable bonds is 17. The second-order valence-corrected chi connectivity index (χ2v) is 16.1. The van der Waals surface area contributed by atoms with E-state index in [1.807, 2.05) is 27.7 Å². The minimum Gasteiger partial charge on any atom is -0.482 e. The Morgan fingerprint density at radius 2 is 1.61 bits per heavy atom. The molecule has 12 nitrogen and oxygen atoms in total. The van der Waals surface area contributed by atoms with Crippen molar-refractivity contribution in [3.8, 4) is 5.75 Å². The lowest BCUT2D eigenvalue weighted by molar-refractivity contribution is -0.125. The second kappa shape index (κ2) is 15.2. The molecule has 3 rings (SSSR count). The molecule has 0 saturated heterocycles. The highest BCUT2D eigenvalue weighted by Gasteiger charge is 2.44. The molecule has 0 aliphatic heterocycles. The maximum atomic E-state index is 13.1. The van der Waals surface area contributed by atoms with Gasteiger partial charge in [-0.3, -0.25) is 14.7 Å². The first-order valence-corrected chi connectivity index (χ1v) is 17.9. The van der Waals surface area contributed by atoms with Gasteiger partial charge >= 0.3 is 0 Å². The molecule has 2 amide bonds. The van der Waals surface area contributed by atoms with E-state index in [4.69, 9.17) is 16.3 Å². The molecule has 0 fully saturated rings. The number of hydrogen-bond acceptors (Lipinski definition) is 7. The summed E-state index contributed by atoms with van der Waals surface area (Å²) in [6.45, 7) is 15.3. The lowest BCUT2D eigenvalue weighted by Crippen LogP contribution is -2.57. The van der Waals surface area contributed by atoms with Crippen LogP contribution in [0.1, 0.15) is 105 Å². The zero-order valence-electron chi connectivity index (χ0n) is 28.3. The van der Waals surface area contributed by atoms with Gasteiger partial charge in [0.15, 0.2) is 18.1 Å². The van der Waals surface area contributed by atoms with Crippen molar-refractivity contribution in [2.75, 3.05) is 24.2 Å². The van der Waals surface area contributed by atoms with Crippen molar-refractivity contribution in [3.05, 3.63) is 40.8 Å². The summed E-state index contributed by atoms with van der Waals surface area (Å²) in [6, 6.07) is 6.65. The largest absolute Gasteiger partial charge is 0.482 e. The van der Waals surface area contributed by atoms with Gasteiger partial charge in [0.25, 0.3) is 5.91 Å². The highest BCUT2D eigenvalue weighted by Crippen LogP contribution is 2.37. The van der Waals surface area contributed by atoms with Gasteiger partial charge in [-0.15, -0.1) is 10.2 Å². The standard InChI is InChI=1S/C32H50ClN7O5S/c1-9-10-11-12-13-16-19-46(43,44)34-20-24(41)35-22-17-14-15-18-23(22)45-21-25(42)36-32(7,8)31(5,6)29-38-37-28-26(33)27(30(2,3)4)39-40(28)29/h14-15,17-18,34,39H,9-13,16,19-21H2,1-8H3,(H,35,41)(H,36,42). The molecule has 0 unspecified atom stereocenters. The van der Waals surface area contributed by atoms with Crippen LogP contribution >= 0.6 is 11.6 Å². The Kier molecular flexibility index (Phi) is 12.3. The molecule has 1 aromatic carbocycles. The summed E-state index contributed by atoms with van der Waals surface area (Å²) in [5, 5.41) is 18.3. The van der Waals surface area contributed by atoms with E-state index in [-0.39, 0.29) is 29.4 Å². The molecule has 46 heavy (non-hydrogen) atoms. The Morgan fingerprint density at radius 1 is 0.957 bits per heavy atom. The van der Waals surface area contributed by atoms with Crippen molar-refractivity contribution in [2.45, 2.75) is 110 Å². The molecule has 0 saturated carbocycles. The number of carbonyl (C=O) groups is 2. The molecule has 0 aliphatic carbocycles. The number of aromatic amines is 1. The van der Waals surface area contributed by atoms with E-state index in [0.29, 0.717) is 28.6 Å². The molecule has 4 N–H and O–H groups in total. The molecule has 256 valence electrons. The van der Waals surface area contributed by atoms with Gasteiger partial charge in [0.1, 0.15) is 10.8 Å². The first-order chi connectivity index (χ1) is 21.4. The topological polar surface area (TPSA) is 160 Å². The third kappa shape index (κ3) is 9.45. The van der Waals surface area contributed by atoms with Crippen LogP contribution in [0.2, 0.25) is 5.02 Å². The first-order valence-electron chi connectivity index (χ1n) is 15.8. The van der Waals surface area contributed by atoms with Crippen molar-refractivity contribution >= 4 is 44.8 Å². The fraction of sp³-hybridized carbons (Fsp3) is 0.625. The third-order valence-electron chi connectivity index (χ3n) is 8.37. The highest BCUT2D eigenvalue weighted by molar-refractivity contribution is 7.89. The average molecular weight is 680 g/mol. The normalized spacial score (nSPS) is 12.8. The summed E-state index contributed by atoms with van der Waals surface area (Å²) in [5.74, 6) is -0.0851. The summed E-state index contributed by atoms with van der Waals surface area (Å²) in [6.07, 6.45) is 5.76. The fourth-order valence-corrected chi connectivity index (χ4v) is 6.41.